The van der Waals surface area contributed by atoms with Crippen molar-refractivity contribution in [2.45, 2.75) is 6.92 Å². The standard InChI is InChI=1S/C39H26N4/c1-3-11-32-34(4-2)42-36-22-24(18-20-28(36)26-12-5-7-14-30(26)38(42)40-32)25-19-21-29-27-13-6-8-15-31(27)39-41-33-16-9-10-17-35(33)43(39)37(29)23-25/h3-23H,2H2,1H3/b11-3-. The minimum absolute atomic E-state index is 0.924. The van der Waals surface area contributed by atoms with Gasteiger partial charge in [-0.25, -0.2) is 9.97 Å². The van der Waals surface area contributed by atoms with Gasteiger partial charge in [0.25, 0.3) is 0 Å². The first-order valence-corrected chi connectivity index (χ1v) is 14.6. The maximum absolute atomic E-state index is 5.08. The van der Waals surface area contributed by atoms with Crippen LogP contribution in [0.1, 0.15) is 18.3 Å². The van der Waals surface area contributed by atoms with E-state index >= 15 is 0 Å². The smallest absolute Gasteiger partial charge is 0.146 e. The van der Waals surface area contributed by atoms with Crippen LogP contribution in [-0.2, 0) is 0 Å². The van der Waals surface area contributed by atoms with Gasteiger partial charge >= 0.3 is 0 Å². The van der Waals surface area contributed by atoms with Gasteiger partial charge in [0.15, 0.2) is 0 Å². The molecule has 9 rings (SSSR count). The van der Waals surface area contributed by atoms with Crippen molar-refractivity contribution in [2.24, 2.45) is 0 Å². The lowest BCUT2D eigenvalue weighted by molar-refractivity contribution is 1.25. The molecule has 9 aromatic rings. The summed E-state index contributed by atoms with van der Waals surface area (Å²) in [6, 6.07) is 39.1. The topological polar surface area (TPSA) is 34.6 Å². The summed E-state index contributed by atoms with van der Waals surface area (Å²) in [4.78, 5) is 10.1. The van der Waals surface area contributed by atoms with Gasteiger partial charge in [0.05, 0.1) is 33.5 Å². The van der Waals surface area contributed by atoms with Crippen molar-refractivity contribution < 1.29 is 0 Å². The van der Waals surface area contributed by atoms with Crippen LogP contribution in [0.15, 0.2) is 122 Å². The molecule has 0 aliphatic rings. The Morgan fingerprint density at radius 3 is 1.74 bits per heavy atom. The van der Waals surface area contributed by atoms with Crippen LogP contribution >= 0.6 is 0 Å². The van der Waals surface area contributed by atoms with Crippen molar-refractivity contribution in [1.29, 1.82) is 0 Å². The van der Waals surface area contributed by atoms with Gasteiger partial charge < -0.3 is 0 Å². The number of aromatic nitrogens is 4. The third-order valence-electron chi connectivity index (χ3n) is 8.75. The fourth-order valence-corrected chi connectivity index (χ4v) is 6.88. The van der Waals surface area contributed by atoms with E-state index in [-0.39, 0.29) is 0 Å². The Labute approximate surface area is 247 Å². The lowest BCUT2D eigenvalue weighted by Gasteiger charge is -2.13. The van der Waals surface area contributed by atoms with E-state index in [1.165, 1.54) is 21.5 Å². The van der Waals surface area contributed by atoms with Crippen molar-refractivity contribution in [3.63, 3.8) is 0 Å². The highest BCUT2D eigenvalue weighted by Crippen LogP contribution is 2.37. The number of benzene rings is 5. The predicted molar refractivity (Wildman–Crippen MR) is 182 cm³/mol. The largest absolute Gasteiger partial charge is 0.292 e. The van der Waals surface area contributed by atoms with Crippen molar-refractivity contribution in [3.05, 3.63) is 133 Å². The minimum atomic E-state index is 0.924. The first-order valence-electron chi connectivity index (χ1n) is 14.6. The van der Waals surface area contributed by atoms with Gasteiger partial charge in [-0.15, -0.1) is 0 Å². The monoisotopic (exact) mass is 550 g/mol. The third-order valence-corrected chi connectivity index (χ3v) is 8.75. The summed E-state index contributed by atoms with van der Waals surface area (Å²) in [5.74, 6) is 0. The normalized spacial score (nSPS) is 12.3. The van der Waals surface area contributed by atoms with E-state index < -0.39 is 0 Å². The summed E-state index contributed by atoms with van der Waals surface area (Å²) in [5.41, 5.74) is 10.5. The fourth-order valence-electron chi connectivity index (χ4n) is 6.88. The molecule has 0 amide bonds. The predicted octanol–water partition coefficient (Wildman–Crippen LogP) is 10.1. The number of hydrogen-bond acceptors (Lipinski definition) is 2. The third kappa shape index (κ3) is 3.26. The Morgan fingerprint density at radius 1 is 0.558 bits per heavy atom. The molecule has 0 bridgehead atoms. The summed E-state index contributed by atoms with van der Waals surface area (Å²) >= 11 is 0. The summed E-state index contributed by atoms with van der Waals surface area (Å²) in [7, 11) is 0. The van der Waals surface area contributed by atoms with Crippen LogP contribution < -0.4 is 0 Å². The van der Waals surface area contributed by atoms with E-state index in [2.05, 4.69) is 131 Å². The van der Waals surface area contributed by atoms with Gasteiger partial charge in [-0.1, -0.05) is 97.6 Å². The van der Waals surface area contributed by atoms with E-state index in [1.54, 1.807) is 0 Å². The van der Waals surface area contributed by atoms with Gasteiger partial charge in [-0.05, 0) is 65.2 Å². The lowest BCUT2D eigenvalue weighted by atomic mass is 9.98. The summed E-state index contributed by atoms with van der Waals surface area (Å²) in [6.45, 7) is 6.19. The average Bonchev–Trinajstić information content (AvgIpc) is 3.64. The van der Waals surface area contributed by atoms with Crippen LogP contribution in [0, 0.1) is 0 Å². The summed E-state index contributed by atoms with van der Waals surface area (Å²) in [6.07, 6.45) is 6.00. The maximum Gasteiger partial charge on any atom is 0.146 e. The second kappa shape index (κ2) is 8.88. The Hall–Kier alpha value is -5.74. The minimum Gasteiger partial charge on any atom is -0.292 e. The molecule has 0 spiro atoms. The molecular formula is C39H26N4. The molecule has 0 aliphatic carbocycles. The number of rotatable bonds is 3. The van der Waals surface area contributed by atoms with Crippen LogP contribution in [0.3, 0.4) is 0 Å². The van der Waals surface area contributed by atoms with Crippen LogP contribution in [0.4, 0.5) is 0 Å². The molecule has 202 valence electrons. The number of hydrogen-bond donors (Lipinski definition) is 0. The van der Waals surface area contributed by atoms with E-state index in [9.17, 15) is 0 Å². The summed E-state index contributed by atoms with van der Waals surface area (Å²) in [5, 5.41) is 7.10. The molecule has 0 radical (unpaired) electrons. The molecular weight excluding hydrogens is 524 g/mol. The molecule has 0 fully saturated rings. The average molecular weight is 551 g/mol. The molecule has 0 aliphatic heterocycles. The SMILES string of the molecule is C=Cc1c(/C=C\C)nc2c3ccccc3c3ccc(-c4ccc5c6ccccc6c6nc7ccccc7n6c5c4)cc3n12. The van der Waals surface area contributed by atoms with E-state index in [4.69, 9.17) is 9.97 Å². The number of imidazole rings is 2. The molecule has 0 unspecified atom stereocenters. The summed E-state index contributed by atoms with van der Waals surface area (Å²) < 4.78 is 4.58. The Balaban J connectivity index is 1.39. The highest BCUT2D eigenvalue weighted by Gasteiger charge is 2.17. The number of nitrogens with zero attached hydrogens (tertiary/aromatic N) is 4. The molecule has 0 saturated carbocycles. The van der Waals surface area contributed by atoms with Crippen LogP contribution in [0.2, 0.25) is 0 Å². The van der Waals surface area contributed by atoms with Crippen LogP contribution in [0.25, 0.3) is 89.0 Å². The molecule has 0 N–H and O–H groups in total. The highest BCUT2D eigenvalue weighted by atomic mass is 15.0. The maximum atomic E-state index is 5.08. The second-order valence-electron chi connectivity index (χ2n) is 11.1. The van der Waals surface area contributed by atoms with Crippen molar-refractivity contribution in [2.75, 3.05) is 0 Å². The Morgan fingerprint density at radius 2 is 1.12 bits per heavy atom. The molecule has 4 aromatic heterocycles. The second-order valence-corrected chi connectivity index (χ2v) is 11.1. The van der Waals surface area contributed by atoms with Crippen molar-refractivity contribution in [3.8, 4) is 11.1 Å². The van der Waals surface area contributed by atoms with E-state index in [1.807, 2.05) is 19.1 Å². The quantitative estimate of drug-likeness (QED) is 0.205. The van der Waals surface area contributed by atoms with Gasteiger partial charge in [0.2, 0.25) is 0 Å². The van der Waals surface area contributed by atoms with E-state index in [0.717, 1.165) is 66.6 Å². The Bertz CT molecular complexity index is 2650. The van der Waals surface area contributed by atoms with Crippen LogP contribution in [-0.4, -0.2) is 18.8 Å². The highest BCUT2D eigenvalue weighted by molar-refractivity contribution is 6.15. The molecule has 4 nitrogen and oxygen atoms in total. The van der Waals surface area contributed by atoms with Gasteiger partial charge in [-0.2, -0.15) is 0 Å². The van der Waals surface area contributed by atoms with Gasteiger partial charge in [0.1, 0.15) is 11.3 Å². The Kier molecular flexibility index (Phi) is 4.94. The number of para-hydroxylation sites is 2. The first kappa shape index (κ1) is 23.9. The van der Waals surface area contributed by atoms with Crippen molar-refractivity contribution >= 4 is 77.8 Å². The lowest BCUT2D eigenvalue weighted by Crippen LogP contribution is -1.95. The molecule has 4 heterocycles. The van der Waals surface area contributed by atoms with Gasteiger partial charge in [0, 0.05) is 21.5 Å². The van der Waals surface area contributed by atoms with Gasteiger partial charge in [-0.3, -0.25) is 8.80 Å². The molecule has 4 heteroatoms. The molecule has 0 atom stereocenters. The fraction of sp³-hybridized carbons (Fsp3) is 0.0256. The molecule has 5 aromatic carbocycles. The number of fused-ring (bicyclic) bond motifs is 14. The molecule has 0 saturated heterocycles. The zero-order valence-electron chi connectivity index (χ0n) is 23.6. The first-order chi connectivity index (χ1) is 21.2. The number of pyridine rings is 2. The van der Waals surface area contributed by atoms with Crippen molar-refractivity contribution in [1.82, 2.24) is 18.8 Å². The van der Waals surface area contributed by atoms with Crippen LogP contribution in [0.5, 0.6) is 0 Å². The zero-order chi connectivity index (χ0) is 28.7. The molecule has 43 heavy (non-hydrogen) atoms. The number of allylic oxidation sites excluding steroid dienone is 1. The van der Waals surface area contributed by atoms with E-state index in [0.29, 0.717) is 0 Å². The zero-order valence-corrected chi connectivity index (χ0v) is 23.6.